The van der Waals surface area contributed by atoms with Gasteiger partial charge in [0, 0.05) is 13.5 Å². The zero-order valence-corrected chi connectivity index (χ0v) is 8.47. The highest BCUT2D eigenvalue weighted by Crippen LogP contribution is 2.21. The van der Waals surface area contributed by atoms with Crippen molar-refractivity contribution in [1.29, 1.82) is 0 Å². The first-order valence-corrected chi connectivity index (χ1v) is 6.06. The van der Waals surface area contributed by atoms with Crippen LogP contribution in [0.5, 0.6) is 0 Å². The fraction of sp³-hybridized carbons (Fsp3) is 0.875. The summed E-state index contributed by atoms with van der Waals surface area (Å²) in [5.74, 6) is 0.415. The SMILES string of the molecule is COCC(=O)CC1CCS(=O)(=O)C1. The Morgan fingerprint density at radius 1 is 1.54 bits per heavy atom. The molecule has 0 bridgehead atoms. The summed E-state index contributed by atoms with van der Waals surface area (Å²) in [7, 11) is -1.39. The number of Topliss-reactive ketones (excluding diaryl/α,β-unsaturated/α-hetero) is 1. The summed E-state index contributed by atoms with van der Waals surface area (Å²) in [5.41, 5.74) is 0. The van der Waals surface area contributed by atoms with Gasteiger partial charge in [-0.15, -0.1) is 0 Å². The van der Waals surface area contributed by atoms with Crippen molar-refractivity contribution < 1.29 is 17.9 Å². The molecular weight excluding hydrogens is 192 g/mol. The van der Waals surface area contributed by atoms with Crippen LogP contribution in [0.4, 0.5) is 0 Å². The maximum absolute atomic E-state index is 11.1. The van der Waals surface area contributed by atoms with Crippen molar-refractivity contribution in [1.82, 2.24) is 0 Å². The predicted molar refractivity (Wildman–Crippen MR) is 48.3 cm³/mol. The number of ether oxygens (including phenoxy) is 1. The lowest BCUT2D eigenvalue weighted by Gasteiger charge is -2.04. The van der Waals surface area contributed by atoms with Gasteiger partial charge in [-0.25, -0.2) is 8.42 Å². The average molecular weight is 206 g/mol. The molecule has 1 rings (SSSR count). The van der Waals surface area contributed by atoms with Crippen LogP contribution in [0.1, 0.15) is 12.8 Å². The standard InChI is InChI=1S/C8H14O4S/c1-12-5-8(9)4-7-2-3-13(10,11)6-7/h7H,2-6H2,1H3. The number of sulfone groups is 1. The molecule has 0 spiro atoms. The first kappa shape index (κ1) is 10.7. The highest BCUT2D eigenvalue weighted by molar-refractivity contribution is 7.91. The normalized spacial score (nSPS) is 26.1. The van der Waals surface area contributed by atoms with E-state index in [9.17, 15) is 13.2 Å². The maximum Gasteiger partial charge on any atom is 0.158 e. The van der Waals surface area contributed by atoms with Crippen molar-refractivity contribution in [2.45, 2.75) is 12.8 Å². The molecule has 0 amide bonds. The van der Waals surface area contributed by atoms with Gasteiger partial charge in [-0.2, -0.15) is 0 Å². The number of methoxy groups -OCH3 is 1. The second-order valence-corrected chi connectivity index (χ2v) is 5.67. The van der Waals surface area contributed by atoms with Crippen LogP contribution in [0.3, 0.4) is 0 Å². The number of hydrogen-bond donors (Lipinski definition) is 0. The van der Waals surface area contributed by atoms with E-state index < -0.39 is 9.84 Å². The van der Waals surface area contributed by atoms with E-state index in [1.807, 2.05) is 0 Å². The largest absolute Gasteiger partial charge is 0.377 e. The van der Waals surface area contributed by atoms with E-state index in [0.717, 1.165) is 0 Å². The number of carbonyl (C=O) groups excluding carboxylic acids is 1. The van der Waals surface area contributed by atoms with E-state index in [1.54, 1.807) is 0 Å². The Kier molecular flexibility index (Phi) is 3.44. The number of carbonyl (C=O) groups is 1. The molecule has 0 aromatic rings. The Balaban J connectivity index is 2.36. The molecule has 13 heavy (non-hydrogen) atoms. The Hall–Kier alpha value is -0.420. The maximum atomic E-state index is 11.1. The smallest absolute Gasteiger partial charge is 0.158 e. The molecule has 0 saturated carbocycles. The summed E-state index contributed by atoms with van der Waals surface area (Å²) < 4.78 is 26.7. The molecule has 4 nitrogen and oxygen atoms in total. The van der Waals surface area contributed by atoms with E-state index in [4.69, 9.17) is 0 Å². The van der Waals surface area contributed by atoms with Gasteiger partial charge < -0.3 is 4.74 Å². The summed E-state index contributed by atoms with van der Waals surface area (Å²) in [4.78, 5) is 11.1. The minimum atomic E-state index is -2.85. The lowest BCUT2D eigenvalue weighted by atomic mass is 10.0. The Morgan fingerprint density at radius 3 is 2.69 bits per heavy atom. The van der Waals surface area contributed by atoms with Crippen molar-refractivity contribution in [3.63, 3.8) is 0 Å². The molecule has 76 valence electrons. The van der Waals surface area contributed by atoms with E-state index >= 15 is 0 Å². The van der Waals surface area contributed by atoms with Gasteiger partial charge in [0.25, 0.3) is 0 Å². The lowest BCUT2D eigenvalue weighted by molar-refractivity contribution is -0.123. The van der Waals surface area contributed by atoms with Gasteiger partial charge in [0.05, 0.1) is 11.5 Å². The number of rotatable bonds is 4. The van der Waals surface area contributed by atoms with E-state index in [1.165, 1.54) is 7.11 Å². The minimum Gasteiger partial charge on any atom is -0.377 e. The molecule has 0 N–H and O–H groups in total. The van der Waals surface area contributed by atoms with Gasteiger partial charge in [0.2, 0.25) is 0 Å². The molecule has 5 heteroatoms. The van der Waals surface area contributed by atoms with Gasteiger partial charge >= 0.3 is 0 Å². The minimum absolute atomic E-state index is 0.00963. The fourth-order valence-corrected chi connectivity index (χ4v) is 3.44. The average Bonchev–Trinajstić information content (AvgIpc) is 2.30. The molecule has 0 aliphatic carbocycles. The fourth-order valence-electron chi connectivity index (χ4n) is 1.57. The summed E-state index contributed by atoms with van der Waals surface area (Å²) in [6.07, 6.45) is 0.963. The van der Waals surface area contributed by atoms with Crippen LogP contribution in [0.15, 0.2) is 0 Å². The topological polar surface area (TPSA) is 60.4 Å². The van der Waals surface area contributed by atoms with E-state index in [0.29, 0.717) is 12.8 Å². The number of ketones is 1. The monoisotopic (exact) mass is 206 g/mol. The summed E-state index contributed by atoms with van der Waals surface area (Å²) >= 11 is 0. The molecule has 1 fully saturated rings. The van der Waals surface area contributed by atoms with Crippen LogP contribution in [-0.2, 0) is 19.4 Å². The van der Waals surface area contributed by atoms with Crippen LogP contribution in [0.25, 0.3) is 0 Å². The third kappa shape index (κ3) is 3.44. The quantitative estimate of drug-likeness (QED) is 0.651. The van der Waals surface area contributed by atoms with Crippen LogP contribution < -0.4 is 0 Å². The molecule has 1 saturated heterocycles. The highest BCUT2D eigenvalue weighted by Gasteiger charge is 2.29. The third-order valence-electron chi connectivity index (χ3n) is 2.15. The van der Waals surface area contributed by atoms with Crippen molar-refractivity contribution in [2.24, 2.45) is 5.92 Å². The first-order valence-electron chi connectivity index (χ1n) is 4.24. The van der Waals surface area contributed by atoms with Crippen LogP contribution >= 0.6 is 0 Å². The molecule has 0 aromatic carbocycles. The lowest BCUT2D eigenvalue weighted by Crippen LogP contribution is -2.14. The van der Waals surface area contributed by atoms with Gasteiger partial charge in [0.1, 0.15) is 6.61 Å². The summed E-state index contributed by atoms with van der Waals surface area (Å²) in [6, 6.07) is 0. The van der Waals surface area contributed by atoms with E-state index in [-0.39, 0.29) is 29.8 Å². The van der Waals surface area contributed by atoms with Crippen LogP contribution in [-0.4, -0.2) is 39.4 Å². The third-order valence-corrected chi connectivity index (χ3v) is 3.99. The molecule has 1 aliphatic heterocycles. The van der Waals surface area contributed by atoms with Crippen molar-refractivity contribution in [3.8, 4) is 0 Å². The van der Waals surface area contributed by atoms with Crippen molar-refractivity contribution in [3.05, 3.63) is 0 Å². The Morgan fingerprint density at radius 2 is 2.23 bits per heavy atom. The summed E-state index contributed by atoms with van der Waals surface area (Å²) in [6.45, 7) is 0.0938. The second kappa shape index (κ2) is 4.19. The molecule has 1 aliphatic rings. The molecule has 0 radical (unpaired) electrons. The zero-order valence-electron chi connectivity index (χ0n) is 7.65. The van der Waals surface area contributed by atoms with Gasteiger partial charge in [-0.05, 0) is 12.3 Å². The zero-order chi connectivity index (χ0) is 9.90. The Labute approximate surface area is 78.2 Å². The molecule has 1 heterocycles. The van der Waals surface area contributed by atoms with Gasteiger partial charge in [0.15, 0.2) is 15.6 Å². The van der Waals surface area contributed by atoms with Crippen molar-refractivity contribution in [2.75, 3.05) is 25.2 Å². The second-order valence-electron chi connectivity index (χ2n) is 3.44. The van der Waals surface area contributed by atoms with E-state index in [2.05, 4.69) is 4.74 Å². The Bertz CT molecular complexity index is 281. The van der Waals surface area contributed by atoms with Crippen LogP contribution in [0.2, 0.25) is 0 Å². The summed E-state index contributed by atoms with van der Waals surface area (Å²) in [5, 5.41) is 0. The molecular formula is C8H14O4S. The highest BCUT2D eigenvalue weighted by atomic mass is 32.2. The first-order chi connectivity index (χ1) is 6.03. The number of hydrogen-bond acceptors (Lipinski definition) is 4. The molecule has 0 aromatic heterocycles. The van der Waals surface area contributed by atoms with Crippen molar-refractivity contribution >= 4 is 15.6 Å². The van der Waals surface area contributed by atoms with Crippen LogP contribution in [0, 0.1) is 5.92 Å². The molecule has 1 atom stereocenters. The van der Waals surface area contributed by atoms with Gasteiger partial charge in [-0.3, -0.25) is 4.79 Å². The van der Waals surface area contributed by atoms with Gasteiger partial charge in [-0.1, -0.05) is 0 Å². The predicted octanol–water partition coefficient (Wildman–Crippen LogP) is 0.0267. The molecule has 1 unspecified atom stereocenters.